The van der Waals surface area contributed by atoms with E-state index in [1.165, 1.54) is 5.56 Å². The van der Waals surface area contributed by atoms with Crippen molar-refractivity contribution in [1.82, 2.24) is 4.90 Å². The number of benzene rings is 3. The van der Waals surface area contributed by atoms with Crippen molar-refractivity contribution < 1.29 is 24.5 Å². The summed E-state index contributed by atoms with van der Waals surface area (Å²) in [6.45, 7) is 1.29. The first-order valence-corrected chi connectivity index (χ1v) is 13.6. The maximum atomic E-state index is 11.2. The van der Waals surface area contributed by atoms with E-state index in [1.54, 1.807) is 24.1 Å². The summed E-state index contributed by atoms with van der Waals surface area (Å²) in [5.74, 6) is -0.798. The van der Waals surface area contributed by atoms with Crippen molar-refractivity contribution in [3.05, 3.63) is 107 Å². The van der Waals surface area contributed by atoms with Gasteiger partial charge in [-0.25, -0.2) is 4.79 Å². The highest BCUT2D eigenvalue weighted by molar-refractivity contribution is 5.87. The molecule has 0 amide bonds. The van der Waals surface area contributed by atoms with Crippen molar-refractivity contribution in [2.45, 2.75) is 38.5 Å². The standard InChI is InChI=1S/C33H39NO5/c1-34(25-32(35)36)22-21-28(24-27-16-19-30(20-17-27)33(37)38)15-18-29-13-7-8-14-31(29)39-23-9-3-6-12-26-10-4-2-5-11-26/h2,4-5,7-8,10-11,13-20,28H,3,6,9,12,21-25H2,1H3,(H,35,36)(H,37,38)/b18-15-. The van der Waals surface area contributed by atoms with Gasteiger partial charge in [0.25, 0.3) is 0 Å². The highest BCUT2D eigenvalue weighted by Gasteiger charge is 2.12. The molecule has 3 aromatic rings. The average Bonchev–Trinajstić information content (AvgIpc) is 2.93. The predicted octanol–water partition coefficient (Wildman–Crippen LogP) is 6.46. The van der Waals surface area contributed by atoms with E-state index >= 15 is 0 Å². The highest BCUT2D eigenvalue weighted by Crippen LogP contribution is 2.23. The molecule has 39 heavy (non-hydrogen) atoms. The Labute approximate surface area is 231 Å². The van der Waals surface area contributed by atoms with E-state index in [-0.39, 0.29) is 18.0 Å². The molecule has 3 aromatic carbocycles. The van der Waals surface area contributed by atoms with Crippen molar-refractivity contribution >= 4 is 18.0 Å². The lowest BCUT2D eigenvalue weighted by atomic mass is 9.94. The zero-order chi connectivity index (χ0) is 27.9. The van der Waals surface area contributed by atoms with E-state index in [9.17, 15) is 14.7 Å². The number of nitrogens with zero attached hydrogens (tertiary/aromatic N) is 1. The third-order valence-electron chi connectivity index (χ3n) is 6.66. The fraction of sp³-hybridized carbons (Fsp3) is 0.333. The second-order valence-electron chi connectivity index (χ2n) is 9.93. The molecule has 206 valence electrons. The van der Waals surface area contributed by atoms with Gasteiger partial charge in [-0.3, -0.25) is 9.69 Å². The van der Waals surface area contributed by atoms with E-state index in [0.29, 0.717) is 13.2 Å². The normalized spacial score (nSPS) is 12.1. The van der Waals surface area contributed by atoms with Crippen molar-refractivity contribution in [1.29, 1.82) is 0 Å². The zero-order valence-electron chi connectivity index (χ0n) is 22.7. The lowest BCUT2D eigenvalue weighted by Crippen LogP contribution is -2.27. The van der Waals surface area contributed by atoms with Crippen LogP contribution < -0.4 is 4.74 Å². The molecule has 0 aliphatic carbocycles. The van der Waals surface area contributed by atoms with Crippen LogP contribution in [0, 0.1) is 5.92 Å². The number of unbranched alkanes of at least 4 members (excludes halogenated alkanes) is 2. The number of carboxylic acid groups (broad SMARTS) is 2. The number of rotatable bonds is 17. The third kappa shape index (κ3) is 11.2. The molecule has 0 aromatic heterocycles. The van der Waals surface area contributed by atoms with E-state index < -0.39 is 11.9 Å². The number of aliphatic carboxylic acids is 1. The van der Waals surface area contributed by atoms with Gasteiger partial charge in [0, 0.05) is 5.56 Å². The van der Waals surface area contributed by atoms with E-state index in [2.05, 4.69) is 36.4 Å². The van der Waals surface area contributed by atoms with Crippen molar-refractivity contribution in [3.8, 4) is 5.75 Å². The van der Waals surface area contributed by atoms with E-state index in [1.807, 2.05) is 42.5 Å². The van der Waals surface area contributed by atoms with Crippen LogP contribution in [0.25, 0.3) is 6.08 Å². The summed E-state index contributed by atoms with van der Waals surface area (Å²) in [5.41, 5.74) is 3.68. The van der Waals surface area contributed by atoms with Crippen LogP contribution >= 0.6 is 0 Å². The molecular formula is C33H39NO5. The van der Waals surface area contributed by atoms with Gasteiger partial charge in [-0.1, -0.05) is 72.8 Å². The SMILES string of the molecule is CN(CCC(/C=C\c1ccccc1OCCCCCc1ccccc1)Cc1ccc(C(=O)O)cc1)CC(=O)O. The zero-order valence-corrected chi connectivity index (χ0v) is 22.7. The molecule has 0 aliphatic heterocycles. The third-order valence-corrected chi connectivity index (χ3v) is 6.66. The Kier molecular flexibility index (Phi) is 12.3. The van der Waals surface area contributed by atoms with Gasteiger partial charge in [0.15, 0.2) is 0 Å². The minimum Gasteiger partial charge on any atom is -0.493 e. The van der Waals surface area contributed by atoms with Crippen LogP contribution in [0.15, 0.2) is 84.9 Å². The van der Waals surface area contributed by atoms with Gasteiger partial charge in [0.2, 0.25) is 0 Å². The van der Waals surface area contributed by atoms with E-state index in [0.717, 1.165) is 55.4 Å². The Bertz CT molecular complexity index is 1190. The predicted molar refractivity (Wildman–Crippen MR) is 155 cm³/mol. The van der Waals surface area contributed by atoms with Gasteiger partial charge in [-0.2, -0.15) is 0 Å². The fourth-order valence-electron chi connectivity index (χ4n) is 4.47. The molecule has 0 heterocycles. The number of hydrogen-bond acceptors (Lipinski definition) is 4. The summed E-state index contributed by atoms with van der Waals surface area (Å²) < 4.78 is 6.14. The minimum absolute atomic E-state index is 0.00817. The summed E-state index contributed by atoms with van der Waals surface area (Å²) in [4.78, 5) is 24.1. The Hall–Kier alpha value is -3.90. The fourth-order valence-corrected chi connectivity index (χ4v) is 4.47. The Morgan fingerprint density at radius 3 is 2.31 bits per heavy atom. The Balaban J connectivity index is 1.58. The molecule has 0 fully saturated rings. The summed E-state index contributed by atoms with van der Waals surface area (Å²) in [5, 5.41) is 18.3. The molecule has 0 spiro atoms. The van der Waals surface area contributed by atoms with Crippen LogP contribution in [0.4, 0.5) is 0 Å². The van der Waals surface area contributed by atoms with Crippen LogP contribution in [-0.2, 0) is 17.6 Å². The first-order valence-electron chi connectivity index (χ1n) is 13.6. The maximum absolute atomic E-state index is 11.2. The molecule has 0 aliphatic rings. The molecule has 2 N–H and O–H groups in total. The number of allylic oxidation sites excluding steroid dienone is 1. The monoisotopic (exact) mass is 529 g/mol. The van der Waals surface area contributed by atoms with Crippen LogP contribution in [-0.4, -0.2) is 53.8 Å². The molecule has 1 unspecified atom stereocenters. The molecule has 0 saturated heterocycles. The van der Waals surface area contributed by atoms with Crippen LogP contribution in [0.1, 0.15) is 52.7 Å². The van der Waals surface area contributed by atoms with E-state index in [4.69, 9.17) is 9.84 Å². The van der Waals surface area contributed by atoms with Crippen LogP contribution in [0.3, 0.4) is 0 Å². The van der Waals surface area contributed by atoms with Crippen molar-refractivity contribution in [2.24, 2.45) is 5.92 Å². The Morgan fingerprint density at radius 1 is 0.872 bits per heavy atom. The van der Waals surface area contributed by atoms with Gasteiger partial charge in [-0.15, -0.1) is 0 Å². The largest absolute Gasteiger partial charge is 0.493 e. The van der Waals surface area contributed by atoms with Crippen molar-refractivity contribution in [3.63, 3.8) is 0 Å². The smallest absolute Gasteiger partial charge is 0.335 e. The van der Waals surface area contributed by atoms with Gasteiger partial charge in [0.05, 0.1) is 18.7 Å². The first kappa shape index (κ1) is 29.7. The minimum atomic E-state index is -0.943. The molecule has 1 atom stereocenters. The van der Waals surface area contributed by atoms with Gasteiger partial charge in [0.1, 0.15) is 5.75 Å². The van der Waals surface area contributed by atoms with Crippen LogP contribution in [0.2, 0.25) is 0 Å². The average molecular weight is 530 g/mol. The summed E-state index contributed by atoms with van der Waals surface area (Å²) in [6.07, 6.45) is 10.1. The number of aryl methyl sites for hydroxylation is 1. The quantitative estimate of drug-likeness (QED) is 0.195. The number of para-hydroxylation sites is 1. The van der Waals surface area contributed by atoms with Gasteiger partial charge < -0.3 is 14.9 Å². The lowest BCUT2D eigenvalue weighted by molar-refractivity contribution is -0.138. The number of likely N-dealkylation sites (N-methyl/N-ethyl adjacent to an activating group) is 1. The second kappa shape index (κ2) is 16.1. The molecular weight excluding hydrogens is 490 g/mol. The lowest BCUT2D eigenvalue weighted by Gasteiger charge is -2.19. The molecule has 0 saturated carbocycles. The molecule has 3 rings (SSSR count). The topological polar surface area (TPSA) is 87.1 Å². The maximum Gasteiger partial charge on any atom is 0.335 e. The number of hydrogen-bond donors (Lipinski definition) is 2. The second-order valence-corrected chi connectivity index (χ2v) is 9.93. The summed E-state index contributed by atoms with van der Waals surface area (Å²) in [6, 6.07) is 25.5. The molecule has 0 radical (unpaired) electrons. The first-order chi connectivity index (χ1) is 18.9. The van der Waals surface area contributed by atoms with Crippen LogP contribution in [0.5, 0.6) is 5.75 Å². The van der Waals surface area contributed by atoms with Gasteiger partial charge >= 0.3 is 11.9 Å². The highest BCUT2D eigenvalue weighted by atomic mass is 16.5. The molecule has 0 bridgehead atoms. The molecule has 6 heteroatoms. The van der Waals surface area contributed by atoms with Gasteiger partial charge in [-0.05, 0) is 87.4 Å². The number of carboxylic acids is 2. The number of ether oxygens (including phenoxy) is 1. The number of carbonyl (C=O) groups is 2. The van der Waals surface area contributed by atoms with Crippen molar-refractivity contribution in [2.75, 3.05) is 26.7 Å². The Morgan fingerprint density at radius 2 is 1.59 bits per heavy atom. The summed E-state index contributed by atoms with van der Waals surface area (Å²) >= 11 is 0. The number of aromatic carboxylic acids is 1. The molecule has 6 nitrogen and oxygen atoms in total. The summed E-state index contributed by atoms with van der Waals surface area (Å²) in [7, 11) is 1.81.